The van der Waals surface area contributed by atoms with Crippen molar-refractivity contribution in [3.05, 3.63) is 47.5 Å². The monoisotopic (exact) mass is 268 g/mol. The van der Waals surface area contributed by atoms with Gasteiger partial charge in [0.15, 0.2) is 0 Å². The molecule has 3 heterocycles. The molecule has 3 aliphatic rings. The van der Waals surface area contributed by atoms with Gasteiger partial charge in [-0.3, -0.25) is 9.59 Å². The van der Waals surface area contributed by atoms with Crippen LogP contribution in [0.1, 0.15) is 46.4 Å². The summed E-state index contributed by atoms with van der Waals surface area (Å²) in [4.78, 5) is 25.1. The fourth-order valence-electron chi connectivity index (χ4n) is 3.53. The number of hydrogen-bond acceptors (Lipinski definition) is 3. The molecule has 0 radical (unpaired) electrons. The van der Waals surface area contributed by atoms with Gasteiger partial charge in [0.25, 0.3) is 11.8 Å². The van der Waals surface area contributed by atoms with Gasteiger partial charge in [0.05, 0.1) is 11.1 Å². The van der Waals surface area contributed by atoms with E-state index in [4.69, 9.17) is 0 Å². The van der Waals surface area contributed by atoms with E-state index in [1.807, 2.05) is 17.1 Å². The predicted octanol–water partition coefficient (Wildman–Crippen LogP) is 2.38. The van der Waals surface area contributed by atoms with Crippen molar-refractivity contribution < 1.29 is 9.59 Å². The van der Waals surface area contributed by atoms with Gasteiger partial charge in [0, 0.05) is 12.1 Å². The smallest absolute Gasteiger partial charge is 0.267 e. The van der Waals surface area contributed by atoms with Gasteiger partial charge in [-0.2, -0.15) is 5.01 Å². The van der Waals surface area contributed by atoms with Crippen LogP contribution in [-0.4, -0.2) is 33.9 Å². The lowest BCUT2D eigenvalue weighted by Gasteiger charge is -2.34. The summed E-state index contributed by atoms with van der Waals surface area (Å²) in [5.41, 5.74) is 1.06. The first-order valence-electron chi connectivity index (χ1n) is 7.22. The largest absolute Gasteiger partial charge is 0.276 e. The van der Waals surface area contributed by atoms with Crippen molar-refractivity contribution >= 4 is 11.8 Å². The van der Waals surface area contributed by atoms with Crippen LogP contribution >= 0.6 is 0 Å². The molecule has 1 aromatic carbocycles. The second-order valence-corrected chi connectivity index (χ2v) is 5.65. The number of benzene rings is 1. The maximum Gasteiger partial charge on any atom is 0.276 e. The summed E-state index contributed by atoms with van der Waals surface area (Å²) in [6, 6.07) is 7.46. The maximum absolute atomic E-state index is 12.6. The molecule has 1 aromatic rings. The van der Waals surface area contributed by atoms with Crippen LogP contribution in [0.3, 0.4) is 0 Å². The molecule has 0 aromatic heterocycles. The van der Waals surface area contributed by atoms with Crippen molar-refractivity contribution in [3.8, 4) is 0 Å². The lowest BCUT2D eigenvalue weighted by molar-refractivity contribution is -0.0185. The zero-order valence-electron chi connectivity index (χ0n) is 11.2. The lowest BCUT2D eigenvalue weighted by Crippen LogP contribution is -2.52. The van der Waals surface area contributed by atoms with E-state index >= 15 is 0 Å². The minimum absolute atomic E-state index is 0.175. The van der Waals surface area contributed by atoms with Gasteiger partial charge in [0.1, 0.15) is 0 Å². The minimum atomic E-state index is -0.175. The highest BCUT2D eigenvalue weighted by Crippen LogP contribution is 2.34. The second-order valence-electron chi connectivity index (χ2n) is 5.65. The molecule has 2 bridgehead atoms. The van der Waals surface area contributed by atoms with Crippen molar-refractivity contribution in [3.63, 3.8) is 0 Å². The van der Waals surface area contributed by atoms with E-state index in [0.29, 0.717) is 11.1 Å². The molecule has 2 amide bonds. The minimum Gasteiger partial charge on any atom is -0.267 e. The average molecular weight is 268 g/mol. The molecule has 0 spiro atoms. The summed E-state index contributed by atoms with van der Waals surface area (Å²) in [6.07, 6.45) is 8.64. The molecule has 0 saturated carbocycles. The van der Waals surface area contributed by atoms with Gasteiger partial charge in [-0.15, -0.1) is 0 Å². The first kappa shape index (κ1) is 11.9. The van der Waals surface area contributed by atoms with Crippen LogP contribution in [0.15, 0.2) is 36.4 Å². The third-order valence-corrected chi connectivity index (χ3v) is 4.49. The molecule has 4 heteroatoms. The Morgan fingerprint density at radius 1 is 0.850 bits per heavy atom. The Bertz CT molecular complexity index is 572. The Morgan fingerprint density at radius 2 is 1.35 bits per heavy atom. The van der Waals surface area contributed by atoms with Crippen LogP contribution in [0.5, 0.6) is 0 Å². The van der Waals surface area contributed by atoms with Crippen LogP contribution in [-0.2, 0) is 0 Å². The molecule has 2 atom stereocenters. The molecule has 0 N–H and O–H groups in total. The van der Waals surface area contributed by atoms with Crippen LogP contribution in [0, 0.1) is 0 Å². The standard InChI is InChI=1S/C16H16N2O2/c19-15-13-7-3-4-8-14(13)16(20)18(15)17-11-5-1-2-6-12(17)10-9-11/h3-4,7-12H,1-2,5-6H2. The third-order valence-electron chi connectivity index (χ3n) is 4.49. The molecule has 102 valence electrons. The van der Waals surface area contributed by atoms with Crippen LogP contribution in [0.2, 0.25) is 0 Å². The summed E-state index contributed by atoms with van der Waals surface area (Å²) in [5, 5.41) is 3.38. The summed E-state index contributed by atoms with van der Waals surface area (Å²) >= 11 is 0. The number of carbonyl (C=O) groups excluding carboxylic acids is 2. The number of carbonyl (C=O) groups is 2. The summed E-state index contributed by atoms with van der Waals surface area (Å²) in [6.45, 7) is 0. The van der Waals surface area contributed by atoms with E-state index in [2.05, 4.69) is 12.2 Å². The van der Waals surface area contributed by atoms with Gasteiger partial charge in [-0.05, 0) is 25.0 Å². The van der Waals surface area contributed by atoms with E-state index in [1.165, 1.54) is 5.01 Å². The molecule has 1 fully saturated rings. The Labute approximate surface area is 117 Å². The van der Waals surface area contributed by atoms with Gasteiger partial charge >= 0.3 is 0 Å². The molecule has 1 saturated heterocycles. The molecule has 4 rings (SSSR count). The number of imide groups is 1. The highest BCUT2D eigenvalue weighted by atomic mass is 16.2. The van der Waals surface area contributed by atoms with Crippen molar-refractivity contribution in [2.24, 2.45) is 0 Å². The first-order chi connectivity index (χ1) is 9.77. The highest BCUT2D eigenvalue weighted by molar-refractivity contribution is 6.21. The maximum atomic E-state index is 12.6. The molecular formula is C16H16N2O2. The van der Waals surface area contributed by atoms with E-state index in [1.54, 1.807) is 12.1 Å². The van der Waals surface area contributed by atoms with Crippen LogP contribution < -0.4 is 0 Å². The zero-order chi connectivity index (χ0) is 13.7. The Balaban J connectivity index is 1.74. The van der Waals surface area contributed by atoms with Crippen LogP contribution in [0.4, 0.5) is 0 Å². The lowest BCUT2D eigenvalue weighted by atomic mass is 10.1. The molecular weight excluding hydrogens is 252 g/mol. The summed E-state index contributed by atoms with van der Waals surface area (Å²) in [7, 11) is 0. The third kappa shape index (κ3) is 1.51. The van der Waals surface area contributed by atoms with Crippen molar-refractivity contribution in [1.82, 2.24) is 10.0 Å². The van der Waals surface area contributed by atoms with E-state index in [-0.39, 0.29) is 23.9 Å². The average Bonchev–Trinajstić information content (AvgIpc) is 2.85. The van der Waals surface area contributed by atoms with E-state index in [9.17, 15) is 9.59 Å². The highest BCUT2D eigenvalue weighted by Gasteiger charge is 2.45. The SMILES string of the molecule is O=C1c2ccccc2C(=O)N1N1C2C=CC1CCCC2. The topological polar surface area (TPSA) is 40.6 Å². The number of amides is 2. The van der Waals surface area contributed by atoms with E-state index in [0.717, 1.165) is 25.7 Å². The first-order valence-corrected chi connectivity index (χ1v) is 7.22. The zero-order valence-corrected chi connectivity index (χ0v) is 11.2. The summed E-state index contributed by atoms with van der Waals surface area (Å²) in [5.74, 6) is -0.350. The van der Waals surface area contributed by atoms with Gasteiger partial charge in [-0.25, -0.2) is 5.01 Å². The molecule has 0 aliphatic carbocycles. The number of hydrazine groups is 1. The number of hydrogen-bond donors (Lipinski definition) is 0. The second kappa shape index (κ2) is 4.28. The summed E-state index contributed by atoms with van der Waals surface area (Å²) < 4.78 is 0. The van der Waals surface area contributed by atoms with Crippen molar-refractivity contribution in [2.75, 3.05) is 0 Å². The van der Waals surface area contributed by atoms with Crippen molar-refractivity contribution in [1.29, 1.82) is 0 Å². The molecule has 3 aliphatic heterocycles. The van der Waals surface area contributed by atoms with Gasteiger partial charge in [0.2, 0.25) is 0 Å². The van der Waals surface area contributed by atoms with Crippen LogP contribution in [0.25, 0.3) is 0 Å². The number of rotatable bonds is 1. The fraction of sp³-hybridized carbons (Fsp3) is 0.375. The number of nitrogens with zero attached hydrogens (tertiary/aromatic N) is 2. The van der Waals surface area contributed by atoms with Crippen molar-refractivity contribution in [2.45, 2.75) is 37.8 Å². The Morgan fingerprint density at radius 3 is 1.85 bits per heavy atom. The number of fused-ring (bicyclic) bond motifs is 3. The molecule has 2 unspecified atom stereocenters. The van der Waals surface area contributed by atoms with Gasteiger partial charge < -0.3 is 0 Å². The van der Waals surface area contributed by atoms with E-state index < -0.39 is 0 Å². The Kier molecular flexibility index (Phi) is 2.54. The molecule has 20 heavy (non-hydrogen) atoms. The predicted molar refractivity (Wildman–Crippen MR) is 74.0 cm³/mol. The molecule has 4 nitrogen and oxygen atoms in total. The fourth-order valence-corrected chi connectivity index (χ4v) is 3.53. The quantitative estimate of drug-likeness (QED) is 0.580. The van der Waals surface area contributed by atoms with Gasteiger partial charge in [-0.1, -0.05) is 37.1 Å². The Hall–Kier alpha value is -1.94. The normalized spacial score (nSPS) is 28.9.